The maximum absolute atomic E-state index is 13.1. The minimum atomic E-state index is -0.264. The molecule has 0 saturated heterocycles. The van der Waals surface area contributed by atoms with Gasteiger partial charge in [0.2, 0.25) is 0 Å². The molecule has 0 saturated carbocycles. The third kappa shape index (κ3) is 3.76. The van der Waals surface area contributed by atoms with Gasteiger partial charge in [-0.25, -0.2) is 14.4 Å². The summed E-state index contributed by atoms with van der Waals surface area (Å²) in [5.41, 5.74) is 7.80. The first-order valence-corrected chi connectivity index (χ1v) is 6.99. The van der Waals surface area contributed by atoms with E-state index in [9.17, 15) is 4.39 Å². The molecule has 1 heterocycles. The Kier molecular flexibility index (Phi) is 4.53. The van der Waals surface area contributed by atoms with Gasteiger partial charge in [0.1, 0.15) is 11.6 Å². The van der Waals surface area contributed by atoms with E-state index in [0.29, 0.717) is 13.1 Å². The topological polar surface area (TPSA) is 63.8 Å². The predicted octanol–water partition coefficient (Wildman–Crippen LogP) is 2.95. The molecule has 0 radical (unpaired) electrons. The van der Waals surface area contributed by atoms with Gasteiger partial charge < -0.3 is 11.1 Å². The van der Waals surface area contributed by atoms with Crippen LogP contribution in [-0.4, -0.2) is 23.1 Å². The molecule has 0 bridgehead atoms. The Morgan fingerprint density at radius 2 is 1.86 bits per heavy atom. The van der Waals surface area contributed by atoms with Gasteiger partial charge in [-0.2, -0.15) is 0 Å². The summed E-state index contributed by atoms with van der Waals surface area (Å²) < 4.78 is 13.1. The lowest BCUT2D eigenvalue weighted by Gasteiger charge is -2.19. The van der Waals surface area contributed by atoms with E-state index in [1.165, 1.54) is 12.1 Å². The highest BCUT2D eigenvalue weighted by Gasteiger charge is 2.19. The molecular formula is C16H21FN4. The fourth-order valence-corrected chi connectivity index (χ4v) is 1.91. The van der Waals surface area contributed by atoms with Crippen molar-refractivity contribution in [3.05, 3.63) is 42.1 Å². The quantitative estimate of drug-likeness (QED) is 0.908. The van der Waals surface area contributed by atoms with Crippen LogP contribution in [0.15, 0.2) is 30.5 Å². The number of hydrogen-bond acceptors (Lipinski definition) is 4. The first-order chi connectivity index (χ1) is 9.91. The first-order valence-electron chi connectivity index (χ1n) is 6.99. The number of hydrogen-bond donors (Lipinski definition) is 2. The van der Waals surface area contributed by atoms with Gasteiger partial charge in [-0.3, -0.25) is 0 Å². The van der Waals surface area contributed by atoms with E-state index >= 15 is 0 Å². The van der Waals surface area contributed by atoms with Crippen molar-refractivity contribution in [2.45, 2.75) is 26.2 Å². The standard InChI is InChI=1S/C16H21FN4/c1-16(2,3)15-20-10-13(19-9-8-18)14(21-15)11-4-6-12(17)7-5-11/h4-7,10,19H,8-9,18H2,1-3H3. The molecule has 5 heteroatoms. The number of benzene rings is 1. The van der Waals surface area contributed by atoms with Gasteiger partial charge in [0.05, 0.1) is 17.6 Å². The summed E-state index contributed by atoms with van der Waals surface area (Å²) in [5.74, 6) is 0.487. The van der Waals surface area contributed by atoms with Crippen LogP contribution in [0, 0.1) is 5.82 Å². The van der Waals surface area contributed by atoms with Crippen LogP contribution in [0.1, 0.15) is 26.6 Å². The molecule has 21 heavy (non-hydrogen) atoms. The Labute approximate surface area is 124 Å². The summed E-state index contributed by atoms with van der Waals surface area (Å²) in [7, 11) is 0. The van der Waals surface area contributed by atoms with Crippen molar-refractivity contribution >= 4 is 5.69 Å². The van der Waals surface area contributed by atoms with Crippen LogP contribution in [0.4, 0.5) is 10.1 Å². The summed E-state index contributed by atoms with van der Waals surface area (Å²) in [4.78, 5) is 9.08. The number of aromatic nitrogens is 2. The molecule has 2 aromatic rings. The molecule has 3 N–H and O–H groups in total. The number of nitrogens with zero attached hydrogens (tertiary/aromatic N) is 2. The second-order valence-electron chi connectivity index (χ2n) is 5.93. The molecule has 1 aromatic carbocycles. The van der Waals surface area contributed by atoms with E-state index in [0.717, 1.165) is 22.8 Å². The highest BCUT2D eigenvalue weighted by Crippen LogP contribution is 2.28. The van der Waals surface area contributed by atoms with Gasteiger partial charge in [-0.15, -0.1) is 0 Å². The van der Waals surface area contributed by atoms with Crippen LogP contribution in [0.25, 0.3) is 11.3 Å². The lowest BCUT2D eigenvalue weighted by molar-refractivity contribution is 0.546. The van der Waals surface area contributed by atoms with E-state index in [1.54, 1.807) is 18.3 Å². The summed E-state index contributed by atoms with van der Waals surface area (Å²) in [6.07, 6.45) is 1.77. The van der Waals surface area contributed by atoms with Crippen LogP contribution >= 0.6 is 0 Å². The molecule has 1 aromatic heterocycles. The van der Waals surface area contributed by atoms with Gasteiger partial charge in [0, 0.05) is 24.1 Å². The predicted molar refractivity (Wildman–Crippen MR) is 83.7 cm³/mol. The average Bonchev–Trinajstić information content (AvgIpc) is 2.45. The number of halogens is 1. The minimum Gasteiger partial charge on any atom is -0.381 e. The fraction of sp³-hybridized carbons (Fsp3) is 0.375. The number of nitrogens with one attached hydrogen (secondary N) is 1. The smallest absolute Gasteiger partial charge is 0.134 e. The highest BCUT2D eigenvalue weighted by molar-refractivity contribution is 5.73. The van der Waals surface area contributed by atoms with Crippen molar-refractivity contribution < 1.29 is 4.39 Å². The van der Waals surface area contributed by atoms with E-state index < -0.39 is 0 Å². The minimum absolute atomic E-state index is 0.152. The van der Waals surface area contributed by atoms with Crippen molar-refractivity contribution in [1.29, 1.82) is 0 Å². The van der Waals surface area contributed by atoms with Gasteiger partial charge in [0.15, 0.2) is 0 Å². The number of rotatable bonds is 4. The molecule has 0 unspecified atom stereocenters. The fourth-order valence-electron chi connectivity index (χ4n) is 1.91. The Bertz CT molecular complexity index is 603. The van der Waals surface area contributed by atoms with Crippen molar-refractivity contribution in [3.8, 4) is 11.3 Å². The van der Waals surface area contributed by atoms with Crippen molar-refractivity contribution in [3.63, 3.8) is 0 Å². The van der Waals surface area contributed by atoms with Gasteiger partial charge in [-0.1, -0.05) is 20.8 Å². The zero-order valence-electron chi connectivity index (χ0n) is 12.7. The van der Waals surface area contributed by atoms with Gasteiger partial charge in [0.25, 0.3) is 0 Å². The molecule has 0 aliphatic carbocycles. The van der Waals surface area contributed by atoms with E-state index in [-0.39, 0.29) is 11.2 Å². The molecule has 0 atom stereocenters. The number of nitrogens with two attached hydrogens (primary N) is 1. The summed E-state index contributed by atoms with van der Waals surface area (Å²) >= 11 is 0. The largest absolute Gasteiger partial charge is 0.381 e. The Morgan fingerprint density at radius 3 is 2.43 bits per heavy atom. The van der Waals surface area contributed by atoms with Crippen molar-refractivity contribution in [2.24, 2.45) is 5.73 Å². The van der Waals surface area contributed by atoms with Crippen LogP contribution < -0.4 is 11.1 Å². The Morgan fingerprint density at radius 1 is 1.19 bits per heavy atom. The van der Waals surface area contributed by atoms with Gasteiger partial charge in [-0.05, 0) is 24.3 Å². The lowest BCUT2D eigenvalue weighted by atomic mass is 9.95. The maximum atomic E-state index is 13.1. The Balaban J connectivity index is 2.49. The zero-order chi connectivity index (χ0) is 15.5. The molecule has 4 nitrogen and oxygen atoms in total. The normalized spacial score (nSPS) is 11.5. The Hall–Kier alpha value is -2.01. The SMILES string of the molecule is CC(C)(C)c1ncc(NCCN)c(-c2ccc(F)cc2)n1. The second kappa shape index (κ2) is 6.18. The molecular weight excluding hydrogens is 267 g/mol. The maximum Gasteiger partial charge on any atom is 0.134 e. The van der Waals surface area contributed by atoms with Crippen LogP contribution in [0.3, 0.4) is 0 Å². The number of anilines is 1. The van der Waals surface area contributed by atoms with E-state index in [4.69, 9.17) is 5.73 Å². The molecule has 0 amide bonds. The molecule has 0 aliphatic heterocycles. The molecule has 0 spiro atoms. The van der Waals surface area contributed by atoms with Crippen LogP contribution in [0.5, 0.6) is 0 Å². The average molecular weight is 288 g/mol. The summed E-state index contributed by atoms with van der Waals surface area (Å²) in [6.45, 7) is 7.33. The molecule has 2 rings (SSSR count). The van der Waals surface area contributed by atoms with Crippen LogP contribution in [0.2, 0.25) is 0 Å². The highest BCUT2D eigenvalue weighted by atomic mass is 19.1. The lowest BCUT2D eigenvalue weighted by Crippen LogP contribution is -2.18. The monoisotopic (exact) mass is 288 g/mol. The van der Waals surface area contributed by atoms with Crippen LogP contribution in [-0.2, 0) is 5.41 Å². The van der Waals surface area contributed by atoms with Crippen molar-refractivity contribution in [2.75, 3.05) is 18.4 Å². The van der Waals surface area contributed by atoms with Crippen molar-refractivity contribution in [1.82, 2.24) is 9.97 Å². The summed E-state index contributed by atoms with van der Waals surface area (Å²) in [6, 6.07) is 6.30. The summed E-state index contributed by atoms with van der Waals surface area (Å²) in [5, 5.41) is 3.21. The zero-order valence-corrected chi connectivity index (χ0v) is 12.7. The van der Waals surface area contributed by atoms with Gasteiger partial charge >= 0.3 is 0 Å². The van der Waals surface area contributed by atoms with E-state index in [1.807, 2.05) is 0 Å². The first kappa shape index (κ1) is 15.4. The molecule has 0 aliphatic rings. The third-order valence-electron chi connectivity index (χ3n) is 3.04. The van der Waals surface area contributed by atoms with E-state index in [2.05, 4.69) is 36.1 Å². The third-order valence-corrected chi connectivity index (χ3v) is 3.04. The molecule has 112 valence electrons. The molecule has 0 fully saturated rings. The second-order valence-corrected chi connectivity index (χ2v) is 5.93.